The maximum atomic E-state index is 11.2. The quantitative estimate of drug-likeness (QED) is 0.206. The molecule has 1 N–H and O–H groups in total. The number of ether oxygens (including phenoxy) is 1. The average molecular weight is 377 g/mol. The van der Waals surface area contributed by atoms with E-state index in [2.05, 4.69) is 10.3 Å². The van der Waals surface area contributed by atoms with Gasteiger partial charge >= 0.3 is 0 Å². The molecule has 0 amide bonds. The van der Waals surface area contributed by atoms with Crippen molar-refractivity contribution in [2.24, 2.45) is 4.99 Å². The Morgan fingerprint density at radius 2 is 2.16 bits per heavy atom. The van der Waals surface area contributed by atoms with Gasteiger partial charge in [-0.15, -0.1) is 0 Å². The fraction of sp³-hybridized carbons (Fsp3) is 0.125. The number of rotatable bonds is 4. The molecule has 0 saturated heterocycles. The van der Waals surface area contributed by atoms with Crippen LogP contribution in [-0.2, 0) is 0 Å². The van der Waals surface area contributed by atoms with Crippen molar-refractivity contribution in [2.75, 3.05) is 6.26 Å². The second-order valence-electron chi connectivity index (χ2n) is 4.81. The molecule has 0 aliphatic heterocycles. The molecule has 0 heterocycles. The molecule has 0 aliphatic carbocycles. The molecule has 0 saturated carbocycles. The third kappa shape index (κ3) is 5.11. The molecule has 25 heavy (non-hydrogen) atoms. The molecule has 0 spiro atoms. The number of nitrogens with one attached hydrogen (secondary N) is 1. The van der Waals surface area contributed by atoms with E-state index >= 15 is 0 Å². The molecule has 7 nitrogen and oxygen atoms in total. The summed E-state index contributed by atoms with van der Waals surface area (Å²) in [7, 11) is 0. The number of amidine groups is 1. The van der Waals surface area contributed by atoms with Crippen LogP contribution in [0.5, 0.6) is 11.5 Å². The number of aryl methyl sites for hydroxylation is 1. The van der Waals surface area contributed by atoms with Gasteiger partial charge in [0, 0.05) is 17.2 Å². The van der Waals surface area contributed by atoms with E-state index in [4.69, 9.17) is 21.6 Å². The molecule has 0 unspecified atom stereocenters. The van der Waals surface area contributed by atoms with Crippen LogP contribution >= 0.6 is 23.4 Å². The Hall–Kier alpha value is -2.76. The summed E-state index contributed by atoms with van der Waals surface area (Å²) in [6.45, 7) is 1.82. The predicted octanol–water partition coefficient (Wildman–Crippen LogP) is 4.77. The Morgan fingerprint density at radius 1 is 1.40 bits per heavy atom. The van der Waals surface area contributed by atoms with Crippen molar-refractivity contribution in [3.63, 3.8) is 0 Å². The second-order valence-corrected chi connectivity index (χ2v) is 6.04. The molecular weight excluding hydrogens is 364 g/mol. The molecule has 0 fully saturated rings. The van der Waals surface area contributed by atoms with E-state index in [0.29, 0.717) is 21.6 Å². The number of halogens is 1. The van der Waals surface area contributed by atoms with Gasteiger partial charge in [-0.25, -0.2) is 4.99 Å². The Labute approximate surface area is 153 Å². The van der Waals surface area contributed by atoms with Crippen molar-refractivity contribution < 1.29 is 9.66 Å². The van der Waals surface area contributed by atoms with Gasteiger partial charge in [-0.1, -0.05) is 23.4 Å². The van der Waals surface area contributed by atoms with Crippen LogP contribution in [0.4, 0.5) is 11.4 Å². The van der Waals surface area contributed by atoms with E-state index in [0.717, 1.165) is 5.56 Å². The number of nitriles is 1. The van der Waals surface area contributed by atoms with Crippen LogP contribution in [0.25, 0.3) is 0 Å². The zero-order valence-corrected chi connectivity index (χ0v) is 14.9. The van der Waals surface area contributed by atoms with E-state index in [9.17, 15) is 10.1 Å². The number of non-ortho nitro benzene ring substituents is 1. The molecule has 0 aromatic heterocycles. The largest absolute Gasteiger partial charge is 0.457 e. The molecule has 2 aromatic rings. The lowest BCUT2D eigenvalue weighted by Crippen LogP contribution is -2.12. The third-order valence-electron chi connectivity index (χ3n) is 3.04. The summed E-state index contributed by atoms with van der Waals surface area (Å²) in [6.07, 6.45) is 3.50. The first kappa shape index (κ1) is 18.6. The van der Waals surface area contributed by atoms with E-state index in [1.165, 1.54) is 23.9 Å². The van der Waals surface area contributed by atoms with Gasteiger partial charge < -0.3 is 4.74 Å². The van der Waals surface area contributed by atoms with Crippen LogP contribution in [0.1, 0.15) is 5.56 Å². The van der Waals surface area contributed by atoms with Crippen molar-refractivity contribution in [1.29, 1.82) is 5.26 Å². The van der Waals surface area contributed by atoms with Crippen LogP contribution in [0.3, 0.4) is 0 Å². The molecule has 9 heteroatoms. The van der Waals surface area contributed by atoms with Gasteiger partial charge in [-0.3, -0.25) is 15.4 Å². The summed E-state index contributed by atoms with van der Waals surface area (Å²) in [5, 5.41) is 23.1. The topological polar surface area (TPSA) is 101 Å². The molecule has 128 valence electrons. The summed E-state index contributed by atoms with van der Waals surface area (Å²) in [4.78, 5) is 14.8. The number of hydrogen-bond donors (Lipinski definition) is 1. The highest BCUT2D eigenvalue weighted by Gasteiger charge is 2.13. The molecule has 2 aromatic carbocycles. The molecule has 2 rings (SSSR count). The molecule has 0 bridgehead atoms. The second kappa shape index (κ2) is 8.37. The van der Waals surface area contributed by atoms with Crippen LogP contribution in [0.2, 0.25) is 5.02 Å². The lowest BCUT2D eigenvalue weighted by molar-refractivity contribution is -0.384. The van der Waals surface area contributed by atoms with Crippen molar-refractivity contribution in [3.05, 3.63) is 57.1 Å². The molecule has 0 radical (unpaired) electrons. The van der Waals surface area contributed by atoms with Gasteiger partial charge in [0.2, 0.25) is 0 Å². The Bertz CT molecular complexity index is 880. The lowest BCUT2D eigenvalue weighted by atomic mass is 10.2. The Morgan fingerprint density at radius 3 is 2.76 bits per heavy atom. The summed E-state index contributed by atoms with van der Waals surface area (Å²) in [6, 6.07) is 9.25. The number of benzene rings is 2. The zero-order chi connectivity index (χ0) is 18.4. The van der Waals surface area contributed by atoms with Gasteiger partial charge in [0.15, 0.2) is 11.4 Å². The number of aliphatic imine (C=N–C) groups is 1. The Kier molecular flexibility index (Phi) is 6.22. The minimum absolute atomic E-state index is 0.166. The van der Waals surface area contributed by atoms with Gasteiger partial charge in [0.1, 0.15) is 11.5 Å². The number of thioether (sulfide) groups is 1. The first-order valence-electron chi connectivity index (χ1n) is 6.94. The Balaban J connectivity index is 2.44. The average Bonchev–Trinajstić information content (AvgIpc) is 2.56. The highest BCUT2D eigenvalue weighted by Crippen LogP contribution is 2.33. The van der Waals surface area contributed by atoms with Crippen LogP contribution in [0, 0.1) is 28.5 Å². The van der Waals surface area contributed by atoms with Crippen molar-refractivity contribution in [2.45, 2.75) is 6.92 Å². The van der Waals surface area contributed by atoms with Gasteiger partial charge in [-0.05, 0) is 36.9 Å². The fourth-order valence-corrected chi connectivity index (χ4v) is 2.51. The smallest absolute Gasteiger partial charge is 0.275 e. The van der Waals surface area contributed by atoms with E-state index in [1.807, 2.05) is 6.92 Å². The highest BCUT2D eigenvalue weighted by molar-refractivity contribution is 8.13. The summed E-state index contributed by atoms with van der Waals surface area (Å²) in [5.41, 5.74) is 0.920. The summed E-state index contributed by atoms with van der Waals surface area (Å²) in [5.74, 6) is 0.788. The molecular formula is C16H13ClN4O3S. The minimum atomic E-state index is -0.531. The summed E-state index contributed by atoms with van der Waals surface area (Å²) < 4.78 is 5.75. The first-order chi connectivity index (χ1) is 11.9. The minimum Gasteiger partial charge on any atom is -0.457 e. The summed E-state index contributed by atoms with van der Waals surface area (Å²) >= 11 is 7.13. The van der Waals surface area contributed by atoms with Crippen LogP contribution < -0.4 is 10.1 Å². The maximum Gasteiger partial charge on any atom is 0.275 e. The molecule has 0 aliphatic rings. The van der Waals surface area contributed by atoms with Gasteiger partial charge in [-0.2, -0.15) is 5.26 Å². The van der Waals surface area contributed by atoms with E-state index in [-0.39, 0.29) is 11.4 Å². The fourth-order valence-electron chi connectivity index (χ4n) is 1.94. The van der Waals surface area contributed by atoms with Crippen molar-refractivity contribution >= 4 is 39.9 Å². The normalized spacial score (nSPS) is 10.9. The van der Waals surface area contributed by atoms with Crippen molar-refractivity contribution in [1.82, 2.24) is 5.32 Å². The molecule has 0 atom stereocenters. The number of nitro groups is 1. The lowest BCUT2D eigenvalue weighted by Gasteiger charge is -2.10. The van der Waals surface area contributed by atoms with E-state index < -0.39 is 4.92 Å². The number of nitrogens with zero attached hydrogens (tertiary/aromatic N) is 3. The monoisotopic (exact) mass is 376 g/mol. The highest BCUT2D eigenvalue weighted by atomic mass is 35.5. The zero-order valence-electron chi connectivity index (χ0n) is 13.3. The first-order valence-corrected chi connectivity index (χ1v) is 8.54. The number of hydrogen-bond acceptors (Lipinski definition) is 6. The van der Waals surface area contributed by atoms with E-state index in [1.54, 1.807) is 36.7 Å². The van der Waals surface area contributed by atoms with Crippen molar-refractivity contribution in [3.8, 4) is 17.7 Å². The maximum absolute atomic E-state index is 11.2. The van der Waals surface area contributed by atoms with Crippen LogP contribution in [0.15, 0.2) is 41.4 Å². The third-order valence-corrected chi connectivity index (χ3v) is 3.85. The van der Waals surface area contributed by atoms with Gasteiger partial charge in [0.05, 0.1) is 16.7 Å². The van der Waals surface area contributed by atoms with Gasteiger partial charge in [0.25, 0.3) is 5.69 Å². The predicted molar refractivity (Wildman–Crippen MR) is 98.7 cm³/mol. The number of nitro benzene ring substituents is 1. The SMILES string of the molecule is CSC(=Nc1cc(Oc2ccc(Cl)cc2C)cc([N+](=O)[O-])c1)NC#N. The van der Waals surface area contributed by atoms with Crippen LogP contribution in [-0.4, -0.2) is 16.3 Å². The standard InChI is InChI=1S/C16H13ClN4O3S/c1-10-5-11(17)3-4-15(10)24-14-7-12(6-13(8-14)21(22)23)20-16(25-2)19-9-18/h3-8H,1-2H3,(H,19,20).